The molecule has 0 unspecified atom stereocenters. The van der Waals surface area contributed by atoms with Gasteiger partial charge in [0.1, 0.15) is 5.69 Å². The SMILES string of the molecule is CCCN1C[C@H]2CC[C@@H]1CN(C(=O)c1cc3ccccc3[nH]1)C2. The van der Waals surface area contributed by atoms with E-state index in [2.05, 4.69) is 27.8 Å². The Morgan fingerprint density at radius 2 is 2.09 bits per heavy atom. The molecular weight excluding hydrogens is 286 g/mol. The number of rotatable bonds is 3. The molecule has 2 atom stereocenters. The van der Waals surface area contributed by atoms with Gasteiger partial charge in [-0.15, -0.1) is 0 Å². The smallest absolute Gasteiger partial charge is 0.270 e. The van der Waals surface area contributed by atoms with Crippen LogP contribution < -0.4 is 0 Å². The lowest BCUT2D eigenvalue weighted by atomic mass is 9.95. The molecule has 1 N–H and O–H groups in total. The Morgan fingerprint density at radius 1 is 1.22 bits per heavy atom. The number of piperidine rings is 1. The summed E-state index contributed by atoms with van der Waals surface area (Å²) in [5.74, 6) is 0.796. The Balaban J connectivity index is 1.56. The molecule has 1 aromatic carbocycles. The van der Waals surface area contributed by atoms with E-state index >= 15 is 0 Å². The van der Waals surface area contributed by atoms with Crippen molar-refractivity contribution in [1.82, 2.24) is 14.8 Å². The van der Waals surface area contributed by atoms with Crippen LogP contribution in [0.25, 0.3) is 10.9 Å². The number of carbonyl (C=O) groups is 1. The van der Waals surface area contributed by atoms with Gasteiger partial charge in [-0.05, 0) is 43.9 Å². The zero-order valence-corrected chi connectivity index (χ0v) is 13.8. The molecule has 3 aliphatic heterocycles. The fraction of sp³-hybridized carbons (Fsp3) is 0.526. The number of fused-ring (bicyclic) bond motifs is 5. The van der Waals surface area contributed by atoms with Crippen molar-refractivity contribution in [2.24, 2.45) is 5.92 Å². The van der Waals surface area contributed by atoms with Gasteiger partial charge < -0.3 is 9.88 Å². The quantitative estimate of drug-likeness (QED) is 0.946. The van der Waals surface area contributed by atoms with Crippen LogP contribution in [0.1, 0.15) is 36.7 Å². The summed E-state index contributed by atoms with van der Waals surface area (Å²) in [4.78, 5) is 21.0. The summed E-state index contributed by atoms with van der Waals surface area (Å²) in [6.07, 6.45) is 3.70. The number of aromatic amines is 1. The third-order valence-electron chi connectivity index (χ3n) is 5.39. The van der Waals surface area contributed by atoms with E-state index in [4.69, 9.17) is 0 Å². The summed E-state index contributed by atoms with van der Waals surface area (Å²) in [5, 5.41) is 1.11. The van der Waals surface area contributed by atoms with Crippen LogP contribution in [-0.4, -0.2) is 52.9 Å². The highest BCUT2D eigenvalue weighted by molar-refractivity contribution is 5.98. The summed E-state index contributed by atoms with van der Waals surface area (Å²) in [5.41, 5.74) is 1.77. The van der Waals surface area contributed by atoms with Gasteiger partial charge in [0.05, 0.1) is 0 Å². The Morgan fingerprint density at radius 3 is 2.91 bits per heavy atom. The predicted octanol–water partition coefficient (Wildman–Crippen LogP) is 3.11. The lowest BCUT2D eigenvalue weighted by molar-refractivity contribution is 0.0733. The molecule has 4 nitrogen and oxygen atoms in total. The van der Waals surface area contributed by atoms with E-state index in [1.54, 1.807) is 0 Å². The first kappa shape index (κ1) is 14.8. The first-order valence-corrected chi connectivity index (χ1v) is 8.85. The van der Waals surface area contributed by atoms with Crippen molar-refractivity contribution < 1.29 is 4.79 Å². The molecule has 2 aromatic rings. The normalized spacial score (nSPS) is 25.0. The standard InChI is InChI=1S/C19H25N3O/c1-2-9-21-11-14-7-8-16(21)13-22(12-14)19(23)18-10-15-5-3-4-6-17(15)20-18/h3-6,10,14,16,20H,2,7-9,11-13H2,1H3/t14-,16-/m1/s1. The Labute approximate surface area is 137 Å². The number of hydrogen-bond donors (Lipinski definition) is 1. The van der Waals surface area contributed by atoms with E-state index in [1.165, 1.54) is 19.3 Å². The molecule has 2 bridgehead atoms. The average molecular weight is 311 g/mol. The first-order valence-electron chi connectivity index (χ1n) is 8.85. The van der Waals surface area contributed by atoms with Gasteiger partial charge in [0.15, 0.2) is 0 Å². The number of nitrogens with one attached hydrogen (secondary N) is 1. The Bertz CT molecular complexity index is 674. The summed E-state index contributed by atoms with van der Waals surface area (Å²) in [6.45, 7) is 6.35. The molecule has 3 fully saturated rings. The predicted molar refractivity (Wildman–Crippen MR) is 92.6 cm³/mol. The van der Waals surface area contributed by atoms with Crippen LogP contribution in [0.3, 0.4) is 0 Å². The number of amides is 1. The van der Waals surface area contributed by atoms with Crippen LogP contribution in [0.4, 0.5) is 0 Å². The molecule has 4 heterocycles. The summed E-state index contributed by atoms with van der Waals surface area (Å²) >= 11 is 0. The van der Waals surface area contributed by atoms with E-state index in [9.17, 15) is 4.79 Å². The second-order valence-electron chi connectivity index (χ2n) is 7.07. The minimum absolute atomic E-state index is 0.163. The molecule has 0 radical (unpaired) electrons. The highest BCUT2D eigenvalue weighted by atomic mass is 16.2. The van der Waals surface area contributed by atoms with Crippen molar-refractivity contribution in [2.45, 2.75) is 32.2 Å². The van der Waals surface area contributed by atoms with Crippen LogP contribution in [0.2, 0.25) is 0 Å². The lowest BCUT2D eigenvalue weighted by Gasteiger charge is -2.35. The van der Waals surface area contributed by atoms with Crippen LogP contribution in [0.5, 0.6) is 0 Å². The first-order chi connectivity index (χ1) is 11.2. The number of benzene rings is 1. The van der Waals surface area contributed by atoms with Crippen molar-refractivity contribution in [2.75, 3.05) is 26.2 Å². The van der Waals surface area contributed by atoms with Crippen molar-refractivity contribution in [1.29, 1.82) is 0 Å². The number of H-pyrrole nitrogens is 1. The zero-order valence-electron chi connectivity index (χ0n) is 13.8. The molecular formula is C19H25N3O. The van der Waals surface area contributed by atoms with Crippen molar-refractivity contribution in [3.63, 3.8) is 0 Å². The monoisotopic (exact) mass is 311 g/mol. The van der Waals surface area contributed by atoms with E-state index in [-0.39, 0.29) is 5.91 Å². The van der Waals surface area contributed by atoms with E-state index < -0.39 is 0 Å². The second kappa shape index (κ2) is 6.00. The maximum Gasteiger partial charge on any atom is 0.270 e. The zero-order chi connectivity index (χ0) is 15.8. The molecule has 0 aliphatic carbocycles. The van der Waals surface area contributed by atoms with Crippen LogP contribution in [0.15, 0.2) is 30.3 Å². The summed E-state index contributed by atoms with van der Waals surface area (Å²) < 4.78 is 0. The summed E-state index contributed by atoms with van der Waals surface area (Å²) in [7, 11) is 0. The molecule has 23 heavy (non-hydrogen) atoms. The van der Waals surface area contributed by atoms with Gasteiger partial charge in [-0.3, -0.25) is 9.69 Å². The Hall–Kier alpha value is -1.81. The lowest BCUT2D eigenvalue weighted by Crippen LogP contribution is -2.44. The molecule has 1 aromatic heterocycles. The van der Waals surface area contributed by atoms with Gasteiger partial charge >= 0.3 is 0 Å². The third kappa shape index (κ3) is 2.76. The van der Waals surface area contributed by atoms with Gasteiger partial charge in [-0.2, -0.15) is 0 Å². The molecule has 122 valence electrons. The molecule has 0 saturated carbocycles. The molecule has 4 heteroatoms. The molecule has 1 amide bonds. The van der Waals surface area contributed by atoms with Gasteiger partial charge in [-0.25, -0.2) is 0 Å². The van der Waals surface area contributed by atoms with Gasteiger partial charge in [0, 0.05) is 36.6 Å². The Kier molecular flexibility index (Phi) is 3.85. The molecule has 3 saturated heterocycles. The van der Waals surface area contributed by atoms with Crippen molar-refractivity contribution in [3.05, 3.63) is 36.0 Å². The maximum absolute atomic E-state index is 13.0. The largest absolute Gasteiger partial charge is 0.351 e. The molecule has 5 rings (SSSR count). The number of carbonyl (C=O) groups excluding carboxylic acids is 1. The van der Waals surface area contributed by atoms with Gasteiger partial charge in [0.25, 0.3) is 5.91 Å². The summed E-state index contributed by atoms with van der Waals surface area (Å²) in [6, 6.07) is 10.6. The van der Waals surface area contributed by atoms with Crippen LogP contribution in [-0.2, 0) is 0 Å². The van der Waals surface area contributed by atoms with E-state index in [0.717, 1.165) is 42.8 Å². The highest BCUT2D eigenvalue weighted by Crippen LogP contribution is 2.29. The van der Waals surface area contributed by atoms with Gasteiger partial charge in [0.2, 0.25) is 0 Å². The van der Waals surface area contributed by atoms with Crippen LogP contribution >= 0.6 is 0 Å². The number of aromatic nitrogens is 1. The average Bonchev–Trinajstić information content (AvgIpc) is 2.79. The van der Waals surface area contributed by atoms with Crippen molar-refractivity contribution in [3.8, 4) is 0 Å². The highest BCUT2D eigenvalue weighted by Gasteiger charge is 2.36. The molecule has 3 aliphatic rings. The number of nitrogens with zero attached hydrogens (tertiary/aromatic N) is 2. The van der Waals surface area contributed by atoms with E-state index in [0.29, 0.717) is 12.0 Å². The fourth-order valence-corrected chi connectivity index (χ4v) is 4.26. The number of para-hydroxylation sites is 1. The van der Waals surface area contributed by atoms with E-state index in [1.807, 2.05) is 24.3 Å². The van der Waals surface area contributed by atoms with Crippen molar-refractivity contribution >= 4 is 16.8 Å². The minimum atomic E-state index is 0.163. The number of hydrogen-bond acceptors (Lipinski definition) is 2. The topological polar surface area (TPSA) is 39.3 Å². The third-order valence-corrected chi connectivity index (χ3v) is 5.39. The fourth-order valence-electron chi connectivity index (χ4n) is 4.26. The second-order valence-corrected chi connectivity index (χ2v) is 7.07. The molecule has 0 spiro atoms. The maximum atomic E-state index is 13.0. The van der Waals surface area contributed by atoms with Crippen LogP contribution in [0, 0.1) is 5.92 Å². The minimum Gasteiger partial charge on any atom is -0.351 e. The van der Waals surface area contributed by atoms with Gasteiger partial charge in [-0.1, -0.05) is 25.1 Å².